The predicted octanol–water partition coefficient (Wildman–Crippen LogP) is 1.70. The molecular weight excluding hydrogens is 235 g/mol. The van der Waals surface area contributed by atoms with Gasteiger partial charge in [-0.15, -0.1) is 0 Å². The molecule has 0 aliphatic carbocycles. The monoisotopic (exact) mass is 248 g/mol. The molecule has 1 aromatic heterocycles. The number of amides is 1. The SMILES string of the molecule is Cc1nn(C)cc1NC(=O)c1cc(N)ccc1F. The van der Waals surface area contributed by atoms with Gasteiger partial charge >= 0.3 is 0 Å². The van der Waals surface area contributed by atoms with Crippen molar-refractivity contribution in [1.82, 2.24) is 9.78 Å². The van der Waals surface area contributed by atoms with Crippen molar-refractivity contribution in [2.75, 3.05) is 11.1 Å². The highest BCUT2D eigenvalue weighted by molar-refractivity contribution is 6.05. The maximum absolute atomic E-state index is 13.5. The van der Waals surface area contributed by atoms with Gasteiger partial charge in [0, 0.05) is 18.9 Å². The molecular formula is C12H13FN4O. The van der Waals surface area contributed by atoms with E-state index >= 15 is 0 Å². The summed E-state index contributed by atoms with van der Waals surface area (Å²) >= 11 is 0. The molecule has 1 aromatic carbocycles. The van der Waals surface area contributed by atoms with Gasteiger partial charge in [-0.2, -0.15) is 5.10 Å². The van der Waals surface area contributed by atoms with E-state index in [1.807, 2.05) is 0 Å². The fourth-order valence-corrected chi connectivity index (χ4v) is 1.63. The Balaban J connectivity index is 2.27. The number of benzene rings is 1. The van der Waals surface area contributed by atoms with E-state index < -0.39 is 11.7 Å². The van der Waals surface area contributed by atoms with E-state index in [-0.39, 0.29) is 5.56 Å². The van der Waals surface area contributed by atoms with Gasteiger partial charge in [0.2, 0.25) is 0 Å². The van der Waals surface area contributed by atoms with Gasteiger partial charge in [0.15, 0.2) is 0 Å². The van der Waals surface area contributed by atoms with Gasteiger partial charge in [-0.05, 0) is 25.1 Å². The first-order chi connectivity index (χ1) is 8.47. The summed E-state index contributed by atoms with van der Waals surface area (Å²) in [5.74, 6) is -1.15. The maximum atomic E-state index is 13.5. The average molecular weight is 248 g/mol. The van der Waals surface area contributed by atoms with Crippen LogP contribution in [0.3, 0.4) is 0 Å². The van der Waals surface area contributed by atoms with E-state index in [1.54, 1.807) is 24.9 Å². The molecule has 0 saturated heterocycles. The molecule has 0 aliphatic rings. The van der Waals surface area contributed by atoms with Gasteiger partial charge < -0.3 is 11.1 Å². The molecule has 0 fully saturated rings. The zero-order chi connectivity index (χ0) is 13.3. The van der Waals surface area contributed by atoms with Crippen LogP contribution in [0.1, 0.15) is 16.1 Å². The van der Waals surface area contributed by atoms with Crippen molar-refractivity contribution in [2.45, 2.75) is 6.92 Å². The number of halogens is 1. The van der Waals surface area contributed by atoms with Gasteiger partial charge in [-0.25, -0.2) is 4.39 Å². The van der Waals surface area contributed by atoms with E-state index in [2.05, 4.69) is 10.4 Å². The zero-order valence-electron chi connectivity index (χ0n) is 10.1. The molecule has 0 saturated carbocycles. The second kappa shape index (κ2) is 4.48. The molecule has 2 aromatic rings. The van der Waals surface area contributed by atoms with Gasteiger partial charge in [0.25, 0.3) is 5.91 Å². The maximum Gasteiger partial charge on any atom is 0.258 e. The third-order valence-corrected chi connectivity index (χ3v) is 2.50. The van der Waals surface area contributed by atoms with Gasteiger partial charge in [0.1, 0.15) is 5.82 Å². The summed E-state index contributed by atoms with van der Waals surface area (Å²) in [7, 11) is 1.74. The highest BCUT2D eigenvalue weighted by Gasteiger charge is 2.14. The minimum Gasteiger partial charge on any atom is -0.399 e. The predicted molar refractivity (Wildman–Crippen MR) is 66.7 cm³/mol. The standard InChI is InChI=1S/C12H13FN4O/c1-7-11(6-17(2)16-7)15-12(18)9-5-8(14)3-4-10(9)13/h3-6H,14H2,1-2H3,(H,15,18). The minimum atomic E-state index is -0.608. The molecule has 5 nitrogen and oxygen atoms in total. The van der Waals surface area contributed by atoms with Crippen molar-refractivity contribution in [1.29, 1.82) is 0 Å². The summed E-state index contributed by atoms with van der Waals surface area (Å²) in [5.41, 5.74) is 6.99. The summed E-state index contributed by atoms with van der Waals surface area (Å²) < 4.78 is 15.1. The van der Waals surface area contributed by atoms with Crippen LogP contribution in [0.15, 0.2) is 24.4 Å². The van der Waals surface area contributed by atoms with Crippen molar-refractivity contribution in [3.8, 4) is 0 Å². The van der Waals surface area contributed by atoms with Crippen molar-refractivity contribution >= 4 is 17.3 Å². The number of carbonyl (C=O) groups is 1. The molecule has 0 radical (unpaired) electrons. The van der Waals surface area contributed by atoms with Gasteiger partial charge in [-0.1, -0.05) is 0 Å². The third kappa shape index (κ3) is 2.32. The van der Waals surface area contributed by atoms with E-state index in [0.29, 0.717) is 17.1 Å². The number of hydrogen-bond acceptors (Lipinski definition) is 3. The Morgan fingerprint density at radius 3 is 2.83 bits per heavy atom. The summed E-state index contributed by atoms with van der Waals surface area (Å²) in [5, 5.41) is 6.68. The highest BCUT2D eigenvalue weighted by Crippen LogP contribution is 2.16. The first kappa shape index (κ1) is 12.1. The van der Waals surface area contributed by atoms with Crippen LogP contribution < -0.4 is 11.1 Å². The molecule has 6 heteroatoms. The molecule has 0 atom stereocenters. The Kier molecular flexibility index (Phi) is 3.01. The lowest BCUT2D eigenvalue weighted by atomic mass is 10.1. The van der Waals surface area contributed by atoms with E-state index in [4.69, 9.17) is 5.73 Å². The Hall–Kier alpha value is -2.37. The quantitative estimate of drug-likeness (QED) is 0.794. The van der Waals surface area contributed by atoms with Crippen LogP contribution in [-0.2, 0) is 7.05 Å². The molecule has 18 heavy (non-hydrogen) atoms. The lowest BCUT2D eigenvalue weighted by molar-refractivity contribution is 0.102. The first-order valence-electron chi connectivity index (χ1n) is 5.34. The Morgan fingerprint density at radius 1 is 1.50 bits per heavy atom. The van der Waals surface area contributed by atoms with Crippen LogP contribution >= 0.6 is 0 Å². The van der Waals surface area contributed by atoms with Crippen LogP contribution in [0.25, 0.3) is 0 Å². The molecule has 0 spiro atoms. The minimum absolute atomic E-state index is 0.0850. The average Bonchev–Trinajstić information content (AvgIpc) is 2.61. The lowest BCUT2D eigenvalue weighted by Gasteiger charge is -2.05. The molecule has 94 valence electrons. The second-order valence-corrected chi connectivity index (χ2v) is 4.00. The molecule has 1 amide bonds. The van der Waals surface area contributed by atoms with Crippen molar-refractivity contribution in [3.63, 3.8) is 0 Å². The lowest BCUT2D eigenvalue weighted by Crippen LogP contribution is -2.14. The fraction of sp³-hybridized carbons (Fsp3) is 0.167. The van der Waals surface area contributed by atoms with E-state index in [0.717, 1.165) is 0 Å². The molecule has 3 N–H and O–H groups in total. The van der Waals surface area contributed by atoms with Crippen LogP contribution in [0.5, 0.6) is 0 Å². The largest absolute Gasteiger partial charge is 0.399 e. The highest BCUT2D eigenvalue weighted by atomic mass is 19.1. The Morgan fingerprint density at radius 2 is 2.22 bits per heavy atom. The van der Waals surface area contributed by atoms with E-state index in [9.17, 15) is 9.18 Å². The van der Waals surface area contributed by atoms with Crippen LogP contribution in [0.2, 0.25) is 0 Å². The van der Waals surface area contributed by atoms with Gasteiger partial charge in [-0.3, -0.25) is 9.48 Å². The molecule has 1 heterocycles. The second-order valence-electron chi connectivity index (χ2n) is 4.00. The van der Waals surface area contributed by atoms with Crippen molar-refractivity contribution < 1.29 is 9.18 Å². The number of nitrogens with zero attached hydrogens (tertiary/aromatic N) is 2. The number of nitrogens with one attached hydrogen (secondary N) is 1. The summed E-state index contributed by atoms with van der Waals surface area (Å²) in [4.78, 5) is 11.9. The first-order valence-corrected chi connectivity index (χ1v) is 5.34. The number of carbonyl (C=O) groups excluding carboxylic acids is 1. The summed E-state index contributed by atoms with van der Waals surface area (Å²) in [6, 6.07) is 3.87. The van der Waals surface area contributed by atoms with Gasteiger partial charge in [0.05, 0.1) is 16.9 Å². The fourth-order valence-electron chi connectivity index (χ4n) is 1.63. The number of nitrogen functional groups attached to an aromatic ring is 1. The third-order valence-electron chi connectivity index (χ3n) is 2.50. The van der Waals surface area contributed by atoms with Crippen molar-refractivity contribution in [3.05, 3.63) is 41.5 Å². The number of aromatic nitrogens is 2. The molecule has 0 unspecified atom stereocenters. The molecule has 0 aliphatic heterocycles. The topological polar surface area (TPSA) is 72.9 Å². The van der Waals surface area contributed by atoms with E-state index in [1.165, 1.54) is 18.2 Å². The van der Waals surface area contributed by atoms with Crippen LogP contribution in [0.4, 0.5) is 15.8 Å². The zero-order valence-corrected chi connectivity index (χ0v) is 10.1. The number of nitrogens with two attached hydrogens (primary N) is 1. The van der Waals surface area contributed by atoms with Crippen molar-refractivity contribution in [2.24, 2.45) is 7.05 Å². The Bertz CT molecular complexity index is 606. The molecule has 0 bridgehead atoms. The summed E-state index contributed by atoms with van der Waals surface area (Å²) in [6.07, 6.45) is 1.65. The number of hydrogen-bond donors (Lipinski definition) is 2. The Labute approximate surface area is 103 Å². The number of anilines is 2. The van der Waals surface area contributed by atoms with Crippen LogP contribution in [0, 0.1) is 12.7 Å². The normalized spacial score (nSPS) is 10.4. The number of aryl methyl sites for hydroxylation is 2. The van der Waals surface area contributed by atoms with Crippen LogP contribution in [-0.4, -0.2) is 15.7 Å². The number of rotatable bonds is 2. The molecule has 2 rings (SSSR count). The summed E-state index contributed by atoms with van der Waals surface area (Å²) in [6.45, 7) is 1.76. The smallest absolute Gasteiger partial charge is 0.258 e.